The fourth-order valence-electron chi connectivity index (χ4n) is 3.21. The molecule has 0 fully saturated rings. The Balaban J connectivity index is 1.81. The Morgan fingerprint density at radius 3 is 2.54 bits per heavy atom. The third-order valence-corrected chi connectivity index (χ3v) is 4.89. The third-order valence-electron chi connectivity index (χ3n) is 4.89. The summed E-state index contributed by atoms with van der Waals surface area (Å²) in [5, 5.41) is 8.10. The van der Waals surface area contributed by atoms with E-state index in [9.17, 15) is 9.18 Å². The normalized spacial score (nSPS) is 13.1. The molecule has 1 aromatic carbocycles. The first-order valence-corrected chi connectivity index (χ1v) is 9.24. The molecule has 2 atom stereocenters. The maximum Gasteiger partial charge on any atom is 0.224 e. The zero-order chi connectivity index (χ0) is 20.1. The Labute approximate surface area is 164 Å². The lowest BCUT2D eigenvalue weighted by molar-refractivity contribution is -0.134. The molecule has 0 unspecified atom stereocenters. The van der Waals surface area contributed by atoms with Crippen LogP contribution in [0.3, 0.4) is 0 Å². The van der Waals surface area contributed by atoms with Crippen LogP contribution < -0.4 is 0 Å². The van der Waals surface area contributed by atoms with Crippen molar-refractivity contribution in [2.45, 2.75) is 38.8 Å². The molecule has 3 aromatic rings. The molecule has 28 heavy (non-hydrogen) atoms. The van der Waals surface area contributed by atoms with E-state index in [1.807, 2.05) is 43.7 Å². The number of pyridine rings is 1. The van der Waals surface area contributed by atoms with Gasteiger partial charge in [0, 0.05) is 19.7 Å². The van der Waals surface area contributed by atoms with Gasteiger partial charge in [0.15, 0.2) is 5.82 Å². The summed E-state index contributed by atoms with van der Waals surface area (Å²) in [5.74, 6) is 0.373. The van der Waals surface area contributed by atoms with Gasteiger partial charge in [0.2, 0.25) is 5.91 Å². The molecule has 0 aliphatic carbocycles. The van der Waals surface area contributed by atoms with Crippen molar-refractivity contribution in [2.24, 2.45) is 7.05 Å². The standard InChI is InChI=1S/C21H24FN5O/c1-15(17-7-9-18(22)10-8-17)12-20(28)27(13-19-6-4-5-11-23-19)16(2)21-25-24-14-26(21)3/h4-11,14-16H,12-13H2,1-3H3/t15-,16+/m0/s1. The number of rotatable bonds is 7. The molecule has 6 nitrogen and oxygen atoms in total. The van der Waals surface area contributed by atoms with E-state index in [2.05, 4.69) is 15.2 Å². The summed E-state index contributed by atoms with van der Waals surface area (Å²) in [7, 11) is 1.86. The molecule has 0 aliphatic heterocycles. The summed E-state index contributed by atoms with van der Waals surface area (Å²) in [6.45, 7) is 4.29. The maximum atomic E-state index is 13.2. The van der Waals surface area contributed by atoms with Crippen molar-refractivity contribution in [1.29, 1.82) is 0 Å². The molecule has 0 bridgehead atoms. The highest BCUT2D eigenvalue weighted by Crippen LogP contribution is 2.25. The average molecular weight is 381 g/mol. The smallest absolute Gasteiger partial charge is 0.224 e. The number of amides is 1. The van der Waals surface area contributed by atoms with Gasteiger partial charge in [0.05, 0.1) is 18.3 Å². The van der Waals surface area contributed by atoms with Gasteiger partial charge < -0.3 is 9.47 Å². The predicted molar refractivity (Wildman–Crippen MR) is 104 cm³/mol. The second-order valence-electron chi connectivity index (χ2n) is 6.98. The predicted octanol–water partition coefficient (Wildman–Crippen LogP) is 3.63. The first kappa shape index (κ1) is 19.7. The Morgan fingerprint density at radius 2 is 1.93 bits per heavy atom. The Bertz CT molecular complexity index is 910. The van der Waals surface area contributed by atoms with E-state index in [1.165, 1.54) is 12.1 Å². The largest absolute Gasteiger partial charge is 0.327 e. The maximum absolute atomic E-state index is 13.2. The van der Waals surface area contributed by atoms with E-state index in [-0.39, 0.29) is 23.7 Å². The van der Waals surface area contributed by atoms with E-state index in [4.69, 9.17) is 0 Å². The van der Waals surface area contributed by atoms with Crippen molar-refractivity contribution in [1.82, 2.24) is 24.6 Å². The quantitative estimate of drug-likeness (QED) is 0.627. The van der Waals surface area contributed by atoms with Crippen LogP contribution in [0.5, 0.6) is 0 Å². The monoisotopic (exact) mass is 381 g/mol. The third kappa shape index (κ3) is 4.60. The molecule has 7 heteroatoms. The van der Waals surface area contributed by atoms with Crippen LogP contribution in [0.15, 0.2) is 55.0 Å². The highest BCUT2D eigenvalue weighted by Gasteiger charge is 2.26. The second-order valence-corrected chi connectivity index (χ2v) is 6.98. The molecule has 3 rings (SSSR count). The minimum atomic E-state index is -0.282. The van der Waals surface area contributed by atoms with Gasteiger partial charge in [0.25, 0.3) is 0 Å². The fraction of sp³-hybridized carbons (Fsp3) is 0.333. The lowest BCUT2D eigenvalue weighted by Crippen LogP contribution is -2.35. The summed E-state index contributed by atoms with van der Waals surface area (Å²) in [4.78, 5) is 19.3. The molecule has 0 radical (unpaired) electrons. The lowest BCUT2D eigenvalue weighted by Gasteiger charge is -2.29. The summed E-state index contributed by atoms with van der Waals surface area (Å²) in [5.41, 5.74) is 1.73. The number of hydrogen-bond acceptors (Lipinski definition) is 4. The molecule has 0 N–H and O–H groups in total. The topological polar surface area (TPSA) is 63.9 Å². The van der Waals surface area contributed by atoms with E-state index < -0.39 is 0 Å². The van der Waals surface area contributed by atoms with Crippen LogP contribution in [0.4, 0.5) is 4.39 Å². The SMILES string of the molecule is C[C@H](c1nncn1C)N(Cc1ccccn1)C(=O)C[C@H](C)c1ccc(F)cc1. The molecule has 0 spiro atoms. The number of aryl methyl sites for hydroxylation is 1. The average Bonchev–Trinajstić information content (AvgIpc) is 3.12. The van der Waals surface area contributed by atoms with Gasteiger partial charge in [-0.1, -0.05) is 25.1 Å². The van der Waals surface area contributed by atoms with Crippen molar-refractivity contribution in [3.05, 3.63) is 77.9 Å². The summed E-state index contributed by atoms with van der Waals surface area (Å²) >= 11 is 0. The van der Waals surface area contributed by atoms with E-state index in [0.717, 1.165) is 11.3 Å². The van der Waals surface area contributed by atoms with E-state index >= 15 is 0 Å². The van der Waals surface area contributed by atoms with E-state index in [0.29, 0.717) is 18.8 Å². The van der Waals surface area contributed by atoms with Gasteiger partial charge in [-0.2, -0.15) is 0 Å². The summed E-state index contributed by atoms with van der Waals surface area (Å²) in [6, 6.07) is 11.7. The highest BCUT2D eigenvalue weighted by molar-refractivity contribution is 5.77. The Morgan fingerprint density at radius 1 is 1.18 bits per heavy atom. The zero-order valence-corrected chi connectivity index (χ0v) is 16.3. The summed E-state index contributed by atoms with van der Waals surface area (Å²) < 4.78 is 15.0. The van der Waals surface area contributed by atoms with E-state index in [1.54, 1.807) is 29.6 Å². The van der Waals surface area contributed by atoms with Crippen LogP contribution in [0.1, 0.15) is 49.3 Å². The van der Waals surface area contributed by atoms with Gasteiger partial charge in [-0.25, -0.2) is 4.39 Å². The first-order chi connectivity index (χ1) is 13.5. The molecular weight excluding hydrogens is 357 g/mol. The van der Waals surface area contributed by atoms with Crippen molar-refractivity contribution in [2.75, 3.05) is 0 Å². The molecule has 0 aliphatic rings. The second kappa shape index (κ2) is 8.73. The summed E-state index contributed by atoms with van der Waals surface area (Å²) in [6.07, 6.45) is 3.64. The lowest BCUT2D eigenvalue weighted by atomic mass is 9.96. The van der Waals surface area contributed by atoms with Crippen LogP contribution in [0.2, 0.25) is 0 Å². The van der Waals surface area contributed by atoms with Crippen LogP contribution in [0, 0.1) is 5.82 Å². The van der Waals surface area contributed by atoms with Gasteiger partial charge in [-0.05, 0) is 42.7 Å². The van der Waals surface area contributed by atoms with Crippen molar-refractivity contribution in [3.63, 3.8) is 0 Å². The minimum Gasteiger partial charge on any atom is -0.327 e. The molecule has 0 saturated carbocycles. The molecule has 2 heterocycles. The van der Waals surface area contributed by atoms with Gasteiger partial charge >= 0.3 is 0 Å². The molecule has 2 aromatic heterocycles. The molecule has 1 amide bonds. The molecule has 146 valence electrons. The van der Waals surface area contributed by atoms with Crippen molar-refractivity contribution < 1.29 is 9.18 Å². The van der Waals surface area contributed by atoms with Crippen LogP contribution in [0.25, 0.3) is 0 Å². The number of hydrogen-bond donors (Lipinski definition) is 0. The number of nitrogens with zero attached hydrogens (tertiary/aromatic N) is 5. The number of carbonyl (C=O) groups is 1. The molecular formula is C21H24FN5O. The van der Waals surface area contributed by atoms with Crippen LogP contribution >= 0.6 is 0 Å². The number of halogens is 1. The fourth-order valence-corrected chi connectivity index (χ4v) is 3.21. The highest BCUT2D eigenvalue weighted by atomic mass is 19.1. The van der Waals surface area contributed by atoms with Crippen LogP contribution in [-0.2, 0) is 18.4 Å². The van der Waals surface area contributed by atoms with Gasteiger partial charge in [-0.3, -0.25) is 9.78 Å². The van der Waals surface area contributed by atoms with Gasteiger partial charge in [-0.15, -0.1) is 10.2 Å². The Hall–Kier alpha value is -3.09. The van der Waals surface area contributed by atoms with Crippen molar-refractivity contribution >= 4 is 5.91 Å². The Kier molecular flexibility index (Phi) is 6.13. The first-order valence-electron chi connectivity index (χ1n) is 9.24. The van der Waals surface area contributed by atoms with Gasteiger partial charge in [0.1, 0.15) is 12.1 Å². The number of aromatic nitrogens is 4. The number of benzene rings is 1. The number of carbonyl (C=O) groups excluding carboxylic acids is 1. The molecule has 0 saturated heterocycles. The minimum absolute atomic E-state index is 0.0158. The van der Waals surface area contributed by atoms with Crippen molar-refractivity contribution in [3.8, 4) is 0 Å². The zero-order valence-electron chi connectivity index (χ0n) is 16.3. The van der Waals surface area contributed by atoms with Crippen LogP contribution in [-0.4, -0.2) is 30.6 Å².